The largest absolute Gasteiger partial charge is 0.465 e. The van der Waals surface area contributed by atoms with Gasteiger partial charge in [-0.05, 0) is 29.2 Å². The average Bonchev–Trinajstić information content (AvgIpc) is 2.45. The number of carboxylic acid groups (broad SMARTS) is 1. The van der Waals surface area contributed by atoms with E-state index in [1.54, 1.807) is 12.3 Å². The Morgan fingerprint density at radius 3 is 2.41 bits per heavy atom. The fourth-order valence-corrected chi connectivity index (χ4v) is 1.91. The van der Waals surface area contributed by atoms with Gasteiger partial charge in [-0.2, -0.15) is 0 Å². The molecule has 2 N–H and O–H groups in total. The van der Waals surface area contributed by atoms with Crippen LogP contribution in [0.25, 0.3) is 0 Å². The number of aromatic nitrogens is 1. The first-order chi connectivity index (χ1) is 10.4. The summed E-state index contributed by atoms with van der Waals surface area (Å²) < 4.78 is 0. The van der Waals surface area contributed by atoms with Gasteiger partial charge in [-0.1, -0.05) is 44.7 Å². The fraction of sp³-hybridized carbons (Fsp3) is 0.222. The van der Waals surface area contributed by atoms with E-state index < -0.39 is 6.09 Å². The van der Waals surface area contributed by atoms with Crippen LogP contribution in [0.15, 0.2) is 42.7 Å². The number of hydrogen-bond donors (Lipinski definition) is 2. The number of benzene rings is 1. The van der Waals surface area contributed by atoms with E-state index in [4.69, 9.17) is 5.11 Å². The molecule has 0 atom stereocenters. The summed E-state index contributed by atoms with van der Waals surface area (Å²) in [7, 11) is 0. The Kier molecular flexibility index (Phi) is 4.47. The van der Waals surface area contributed by atoms with Crippen LogP contribution in [0, 0.1) is 11.8 Å². The Morgan fingerprint density at radius 2 is 1.82 bits per heavy atom. The van der Waals surface area contributed by atoms with Gasteiger partial charge >= 0.3 is 6.09 Å². The molecule has 22 heavy (non-hydrogen) atoms. The molecule has 4 heteroatoms. The molecular formula is C18H18N2O2. The first-order valence-electron chi connectivity index (χ1n) is 6.93. The number of nitrogens with one attached hydrogen (secondary N) is 1. The zero-order chi connectivity index (χ0) is 16.2. The molecule has 0 aliphatic heterocycles. The second kappa shape index (κ2) is 6.31. The highest BCUT2D eigenvalue weighted by Crippen LogP contribution is 2.22. The van der Waals surface area contributed by atoms with Gasteiger partial charge < -0.3 is 5.11 Å². The molecule has 0 aliphatic rings. The maximum Gasteiger partial charge on any atom is 0.409 e. The Morgan fingerprint density at radius 1 is 1.14 bits per heavy atom. The summed E-state index contributed by atoms with van der Waals surface area (Å²) in [4.78, 5) is 14.6. The van der Waals surface area contributed by atoms with Crippen molar-refractivity contribution < 1.29 is 9.90 Å². The minimum atomic E-state index is -1.13. The summed E-state index contributed by atoms with van der Waals surface area (Å²) in [5.41, 5.74) is 3.21. The molecule has 0 fully saturated rings. The van der Waals surface area contributed by atoms with E-state index in [0.717, 1.165) is 5.56 Å². The van der Waals surface area contributed by atoms with Gasteiger partial charge in [0.1, 0.15) is 0 Å². The molecule has 0 bridgehead atoms. The van der Waals surface area contributed by atoms with Crippen molar-refractivity contribution in [3.05, 3.63) is 59.4 Å². The van der Waals surface area contributed by atoms with Gasteiger partial charge in [0.2, 0.25) is 0 Å². The molecule has 0 saturated heterocycles. The number of hydrogen-bond acceptors (Lipinski definition) is 2. The first-order valence-corrected chi connectivity index (χ1v) is 6.93. The molecule has 0 radical (unpaired) electrons. The highest BCUT2D eigenvalue weighted by Gasteiger charge is 2.12. The van der Waals surface area contributed by atoms with Crippen LogP contribution in [0.4, 0.5) is 10.5 Å². The summed E-state index contributed by atoms with van der Waals surface area (Å²) in [5.74, 6) is 6.02. The van der Waals surface area contributed by atoms with Gasteiger partial charge in [0.15, 0.2) is 0 Å². The molecule has 112 valence electrons. The molecule has 1 aromatic carbocycles. The molecule has 1 aromatic heterocycles. The zero-order valence-electron chi connectivity index (χ0n) is 12.8. The van der Waals surface area contributed by atoms with Crippen molar-refractivity contribution in [2.24, 2.45) is 0 Å². The normalized spacial score (nSPS) is 10.5. The Balaban J connectivity index is 2.26. The lowest BCUT2D eigenvalue weighted by molar-refractivity contribution is 0.209. The average molecular weight is 294 g/mol. The van der Waals surface area contributed by atoms with Crippen LogP contribution in [0.3, 0.4) is 0 Å². The lowest BCUT2D eigenvalue weighted by Gasteiger charge is -2.18. The lowest BCUT2D eigenvalue weighted by Crippen LogP contribution is -2.10. The lowest BCUT2D eigenvalue weighted by atomic mass is 9.87. The predicted octanol–water partition coefficient (Wildman–Crippen LogP) is 3.87. The van der Waals surface area contributed by atoms with Crippen molar-refractivity contribution >= 4 is 11.8 Å². The number of rotatable bonds is 1. The van der Waals surface area contributed by atoms with E-state index in [1.165, 1.54) is 11.8 Å². The van der Waals surface area contributed by atoms with Crippen molar-refractivity contribution in [3.8, 4) is 11.8 Å². The summed E-state index contributed by atoms with van der Waals surface area (Å²) >= 11 is 0. The molecule has 2 rings (SSSR count). The Bertz CT molecular complexity index is 732. The highest BCUT2D eigenvalue weighted by atomic mass is 16.4. The summed E-state index contributed by atoms with van der Waals surface area (Å²) in [6, 6.07) is 9.75. The molecule has 1 heterocycles. The van der Waals surface area contributed by atoms with E-state index in [2.05, 4.69) is 55.0 Å². The van der Waals surface area contributed by atoms with Crippen molar-refractivity contribution in [1.29, 1.82) is 0 Å². The maximum absolute atomic E-state index is 10.7. The van der Waals surface area contributed by atoms with Gasteiger partial charge in [-0.15, -0.1) is 0 Å². The minimum absolute atomic E-state index is 0.107. The van der Waals surface area contributed by atoms with Crippen LogP contribution in [-0.2, 0) is 5.41 Å². The zero-order valence-corrected chi connectivity index (χ0v) is 12.8. The quantitative estimate of drug-likeness (QED) is 0.785. The monoisotopic (exact) mass is 294 g/mol. The molecule has 0 unspecified atom stereocenters. The van der Waals surface area contributed by atoms with Crippen LogP contribution >= 0.6 is 0 Å². The van der Waals surface area contributed by atoms with E-state index >= 15 is 0 Å². The Labute approximate surface area is 130 Å². The summed E-state index contributed by atoms with van der Waals surface area (Å²) in [6.07, 6.45) is 1.89. The molecule has 0 aliphatic carbocycles. The van der Waals surface area contributed by atoms with Crippen LogP contribution in [0.1, 0.15) is 37.5 Å². The molecule has 1 amide bonds. The van der Waals surface area contributed by atoms with Crippen molar-refractivity contribution in [3.63, 3.8) is 0 Å². The van der Waals surface area contributed by atoms with Crippen LogP contribution in [0.2, 0.25) is 0 Å². The SMILES string of the molecule is CC(C)(C)c1ccc(C#Cc2ccncc2NC(=O)O)cc1. The molecule has 0 spiro atoms. The van der Waals surface area contributed by atoms with Gasteiger partial charge in [0.25, 0.3) is 0 Å². The van der Waals surface area contributed by atoms with Crippen LogP contribution in [0.5, 0.6) is 0 Å². The minimum Gasteiger partial charge on any atom is -0.465 e. The smallest absolute Gasteiger partial charge is 0.409 e. The van der Waals surface area contributed by atoms with Crippen LogP contribution in [-0.4, -0.2) is 16.2 Å². The third-order valence-corrected chi connectivity index (χ3v) is 3.16. The third-order valence-electron chi connectivity index (χ3n) is 3.16. The topological polar surface area (TPSA) is 62.2 Å². The van der Waals surface area contributed by atoms with Gasteiger partial charge in [0.05, 0.1) is 17.4 Å². The molecular weight excluding hydrogens is 276 g/mol. The van der Waals surface area contributed by atoms with Crippen molar-refractivity contribution in [2.75, 3.05) is 5.32 Å². The van der Waals surface area contributed by atoms with Crippen molar-refractivity contribution in [1.82, 2.24) is 4.98 Å². The molecule has 0 saturated carbocycles. The van der Waals surface area contributed by atoms with E-state index in [-0.39, 0.29) is 5.41 Å². The van der Waals surface area contributed by atoms with Crippen molar-refractivity contribution in [2.45, 2.75) is 26.2 Å². The van der Waals surface area contributed by atoms with E-state index in [1.807, 2.05) is 12.1 Å². The molecule has 4 nitrogen and oxygen atoms in total. The molecule has 2 aromatic rings. The number of carbonyl (C=O) groups is 1. The third kappa shape index (κ3) is 4.10. The van der Waals surface area contributed by atoms with Gasteiger partial charge in [-0.25, -0.2) is 4.79 Å². The predicted molar refractivity (Wildman–Crippen MR) is 87.0 cm³/mol. The summed E-state index contributed by atoms with van der Waals surface area (Å²) in [6.45, 7) is 6.48. The van der Waals surface area contributed by atoms with E-state index in [9.17, 15) is 4.79 Å². The standard InChI is InChI=1S/C18H18N2O2/c1-18(2,3)15-8-5-13(6-9-15)4-7-14-10-11-19-12-16(14)20-17(21)22/h5-6,8-12,20H,1-3H3,(H,21,22). The fourth-order valence-electron chi connectivity index (χ4n) is 1.91. The number of nitrogens with zero attached hydrogens (tertiary/aromatic N) is 1. The summed E-state index contributed by atoms with van der Waals surface area (Å²) in [5, 5.41) is 11.1. The second-order valence-corrected chi connectivity index (χ2v) is 5.93. The maximum atomic E-state index is 10.7. The second-order valence-electron chi connectivity index (χ2n) is 5.93. The first kappa shape index (κ1) is 15.6. The van der Waals surface area contributed by atoms with Gasteiger partial charge in [0, 0.05) is 11.8 Å². The number of anilines is 1. The van der Waals surface area contributed by atoms with Gasteiger partial charge in [-0.3, -0.25) is 10.3 Å². The Hall–Kier alpha value is -2.80. The number of amides is 1. The van der Waals surface area contributed by atoms with Crippen LogP contribution < -0.4 is 5.32 Å². The van der Waals surface area contributed by atoms with E-state index in [0.29, 0.717) is 11.3 Å². The number of pyridine rings is 1. The highest BCUT2D eigenvalue weighted by molar-refractivity contribution is 5.84.